The largest absolute Gasteiger partial charge is 0.395 e. The van der Waals surface area contributed by atoms with Crippen LogP contribution in [0.3, 0.4) is 0 Å². The van der Waals surface area contributed by atoms with Gasteiger partial charge in [-0.15, -0.1) is 0 Å². The Hall–Kier alpha value is -1.22. The standard InChI is InChI=1S/C15H26N2O/c1-4-6-13(3)16-14-7-9-15(10-8-14)17(5-2)11-12-18/h7-10,13,16,18H,4-6,11-12H2,1-3H3. The van der Waals surface area contributed by atoms with E-state index in [1.807, 2.05) is 0 Å². The van der Waals surface area contributed by atoms with Crippen LogP contribution in [0.2, 0.25) is 0 Å². The van der Waals surface area contributed by atoms with E-state index in [1.165, 1.54) is 24.2 Å². The molecule has 0 radical (unpaired) electrons. The molecule has 0 amide bonds. The molecule has 3 nitrogen and oxygen atoms in total. The van der Waals surface area contributed by atoms with Crippen molar-refractivity contribution in [3.05, 3.63) is 24.3 Å². The highest BCUT2D eigenvalue weighted by molar-refractivity contribution is 5.55. The third-order valence-corrected chi connectivity index (χ3v) is 3.12. The number of anilines is 2. The Morgan fingerprint density at radius 1 is 1.22 bits per heavy atom. The summed E-state index contributed by atoms with van der Waals surface area (Å²) < 4.78 is 0. The van der Waals surface area contributed by atoms with E-state index in [0.29, 0.717) is 12.6 Å². The zero-order valence-electron chi connectivity index (χ0n) is 11.8. The molecule has 0 fully saturated rings. The van der Waals surface area contributed by atoms with Gasteiger partial charge in [0, 0.05) is 30.5 Å². The van der Waals surface area contributed by atoms with Crippen molar-refractivity contribution in [3.63, 3.8) is 0 Å². The van der Waals surface area contributed by atoms with E-state index in [0.717, 1.165) is 6.54 Å². The first-order chi connectivity index (χ1) is 8.71. The topological polar surface area (TPSA) is 35.5 Å². The van der Waals surface area contributed by atoms with Crippen molar-refractivity contribution in [1.82, 2.24) is 0 Å². The second kappa shape index (κ2) is 7.98. The SMILES string of the molecule is CCCC(C)Nc1ccc(N(CC)CCO)cc1. The summed E-state index contributed by atoms with van der Waals surface area (Å²) in [7, 11) is 0. The molecule has 0 saturated carbocycles. The minimum absolute atomic E-state index is 0.196. The summed E-state index contributed by atoms with van der Waals surface area (Å²) in [5.74, 6) is 0. The van der Waals surface area contributed by atoms with Crippen molar-refractivity contribution >= 4 is 11.4 Å². The van der Waals surface area contributed by atoms with Gasteiger partial charge in [-0.1, -0.05) is 13.3 Å². The third-order valence-electron chi connectivity index (χ3n) is 3.12. The van der Waals surface area contributed by atoms with Gasteiger partial charge in [0.2, 0.25) is 0 Å². The van der Waals surface area contributed by atoms with Crippen molar-refractivity contribution < 1.29 is 5.11 Å². The van der Waals surface area contributed by atoms with Gasteiger partial charge in [0.25, 0.3) is 0 Å². The van der Waals surface area contributed by atoms with Gasteiger partial charge in [0.15, 0.2) is 0 Å². The molecule has 0 bridgehead atoms. The summed E-state index contributed by atoms with van der Waals surface area (Å²) in [5.41, 5.74) is 2.33. The molecule has 1 rings (SSSR count). The van der Waals surface area contributed by atoms with E-state index in [4.69, 9.17) is 5.11 Å². The molecule has 0 aliphatic heterocycles. The van der Waals surface area contributed by atoms with Gasteiger partial charge in [0.05, 0.1) is 6.61 Å². The van der Waals surface area contributed by atoms with Crippen molar-refractivity contribution in [2.45, 2.75) is 39.7 Å². The molecule has 18 heavy (non-hydrogen) atoms. The van der Waals surface area contributed by atoms with Gasteiger partial charge in [-0.25, -0.2) is 0 Å². The Balaban J connectivity index is 2.61. The zero-order chi connectivity index (χ0) is 13.4. The van der Waals surface area contributed by atoms with E-state index in [-0.39, 0.29) is 6.61 Å². The van der Waals surface area contributed by atoms with Crippen LogP contribution in [0.25, 0.3) is 0 Å². The fourth-order valence-corrected chi connectivity index (χ4v) is 2.15. The number of aliphatic hydroxyl groups is 1. The van der Waals surface area contributed by atoms with Gasteiger partial charge in [-0.05, 0) is 44.5 Å². The smallest absolute Gasteiger partial charge is 0.0606 e. The highest BCUT2D eigenvalue weighted by Crippen LogP contribution is 2.18. The monoisotopic (exact) mass is 250 g/mol. The molecular weight excluding hydrogens is 224 g/mol. The molecular formula is C15H26N2O. The molecule has 2 N–H and O–H groups in total. The highest BCUT2D eigenvalue weighted by atomic mass is 16.3. The lowest BCUT2D eigenvalue weighted by Gasteiger charge is -2.22. The van der Waals surface area contributed by atoms with E-state index in [2.05, 4.69) is 55.3 Å². The number of benzene rings is 1. The molecule has 0 heterocycles. The third kappa shape index (κ3) is 4.57. The number of hydrogen-bond acceptors (Lipinski definition) is 3. The molecule has 1 aromatic rings. The maximum atomic E-state index is 9.01. The van der Waals surface area contributed by atoms with Crippen molar-refractivity contribution in [2.24, 2.45) is 0 Å². The molecule has 0 aromatic heterocycles. The van der Waals surface area contributed by atoms with Gasteiger partial charge in [-0.2, -0.15) is 0 Å². The Morgan fingerprint density at radius 2 is 1.89 bits per heavy atom. The second-order valence-electron chi connectivity index (χ2n) is 4.68. The van der Waals surface area contributed by atoms with Crippen LogP contribution >= 0.6 is 0 Å². The summed E-state index contributed by atoms with van der Waals surface area (Å²) >= 11 is 0. The van der Waals surface area contributed by atoms with Crippen molar-refractivity contribution in [2.75, 3.05) is 29.9 Å². The molecule has 0 saturated heterocycles. The lowest BCUT2D eigenvalue weighted by molar-refractivity contribution is 0.302. The zero-order valence-corrected chi connectivity index (χ0v) is 11.8. The fraction of sp³-hybridized carbons (Fsp3) is 0.600. The average Bonchev–Trinajstić information content (AvgIpc) is 2.37. The molecule has 0 aliphatic carbocycles. The molecule has 102 valence electrons. The summed E-state index contributed by atoms with van der Waals surface area (Å²) in [6.45, 7) is 8.32. The van der Waals surface area contributed by atoms with Crippen LogP contribution in [-0.2, 0) is 0 Å². The Labute approximate surface area is 111 Å². The van der Waals surface area contributed by atoms with Crippen molar-refractivity contribution in [3.8, 4) is 0 Å². The normalized spacial score (nSPS) is 12.2. The van der Waals surface area contributed by atoms with Crippen LogP contribution in [-0.4, -0.2) is 30.8 Å². The summed E-state index contributed by atoms with van der Waals surface area (Å²) in [6.07, 6.45) is 2.39. The first kappa shape index (κ1) is 14.8. The number of aliphatic hydroxyl groups excluding tert-OH is 1. The average molecular weight is 250 g/mol. The van der Waals surface area contributed by atoms with Crippen LogP contribution in [0.4, 0.5) is 11.4 Å². The first-order valence-corrected chi connectivity index (χ1v) is 6.93. The number of nitrogens with zero attached hydrogens (tertiary/aromatic N) is 1. The lowest BCUT2D eigenvalue weighted by atomic mass is 10.2. The maximum absolute atomic E-state index is 9.01. The van der Waals surface area contributed by atoms with E-state index < -0.39 is 0 Å². The fourth-order valence-electron chi connectivity index (χ4n) is 2.15. The number of hydrogen-bond donors (Lipinski definition) is 2. The van der Waals surface area contributed by atoms with Gasteiger partial charge in [0.1, 0.15) is 0 Å². The van der Waals surface area contributed by atoms with Crippen LogP contribution in [0, 0.1) is 0 Å². The van der Waals surface area contributed by atoms with Gasteiger partial charge >= 0.3 is 0 Å². The highest BCUT2D eigenvalue weighted by Gasteiger charge is 2.04. The van der Waals surface area contributed by atoms with Crippen LogP contribution < -0.4 is 10.2 Å². The second-order valence-corrected chi connectivity index (χ2v) is 4.68. The quantitative estimate of drug-likeness (QED) is 0.744. The number of rotatable bonds is 8. The predicted molar refractivity (Wildman–Crippen MR) is 79.4 cm³/mol. The summed E-state index contributed by atoms with van der Waals surface area (Å²) in [5, 5.41) is 12.5. The van der Waals surface area contributed by atoms with Crippen LogP contribution in [0.15, 0.2) is 24.3 Å². The number of nitrogens with one attached hydrogen (secondary N) is 1. The Bertz CT molecular complexity index is 324. The van der Waals surface area contributed by atoms with E-state index in [9.17, 15) is 0 Å². The molecule has 1 atom stereocenters. The van der Waals surface area contributed by atoms with E-state index in [1.54, 1.807) is 0 Å². The minimum Gasteiger partial charge on any atom is -0.395 e. The maximum Gasteiger partial charge on any atom is 0.0606 e. The van der Waals surface area contributed by atoms with Crippen LogP contribution in [0.1, 0.15) is 33.6 Å². The van der Waals surface area contributed by atoms with Crippen molar-refractivity contribution in [1.29, 1.82) is 0 Å². The van der Waals surface area contributed by atoms with Crippen LogP contribution in [0.5, 0.6) is 0 Å². The van der Waals surface area contributed by atoms with Gasteiger partial charge in [-0.3, -0.25) is 0 Å². The summed E-state index contributed by atoms with van der Waals surface area (Å²) in [6, 6.07) is 8.96. The van der Waals surface area contributed by atoms with Gasteiger partial charge < -0.3 is 15.3 Å². The summed E-state index contributed by atoms with van der Waals surface area (Å²) in [4.78, 5) is 2.17. The molecule has 0 aliphatic rings. The molecule has 1 aromatic carbocycles. The number of likely N-dealkylation sites (N-methyl/N-ethyl adjacent to an activating group) is 1. The molecule has 1 unspecified atom stereocenters. The minimum atomic E-state index is 0.196. The predicted octanol–water partition coefficient (Wildman–Crippen LogP) is 3.11. The van der Waals surface area contributed by atoms with E-state index >= 15 is 0 Å². The lowest BCUT2D eigenvalue weighted by Crippen LogP contribution is -2.26. The Morgan fingerprint density at radius 3 is 2.39 bits per heavy atom. The molecule has 3 heteroatoms. The first-order valence-electron chi connectivity index (χ1n) is 6.93. The molecule has 0 spiro atoms. The Kier molecular flexibility index (Phi) is 6.58.